The van der Waals surface area contributed by atoms with E-state index in [9.17, 15) is 4.79 Å². The molecule has 0 heterocycles. The van der Waals surface area contributed by atoms with Crippen molar-refractivity contribution in [1.82, 2.24) is 4.90 Å². The number of hydrogen-bond donors (Lipinski definition) is 0. The third kappa shape index (κ3) is 7.33. The molecule has 0 atom stereocenters. The predicted octanol–water partition coefficient (Wildman–Crippen LogP) is 0.705. The smallest absolute Gasteiger partial charge is 0.305 e. The highest BCUT2D eigenvalue weighted by Crippen LogP contribution is 1.93. The number of rotatable bonds is 5. The summed E-state index contributed by atoms with van der Waals surface area (Å²) in [6.45, 7) is 4.58. The van der Waals surface area contributed by atoms with Crippen molar-refractivity contribution in [2.75, 3.05) is 27.2 Å². The first-order chi connectivity index (χ1) is 5.16. The quantitative estimate of drug-likeness (QED) is 0.552. The zero-order valence-electron chi connectivity index (χ0n) is 7.30. The number of nitrogens with zero attached hydrogens (tertiary/aromatic N) is 1. The molecule has 0 N–H and O–H groups in total. The summed E-state index contributed by atoms with van der Waals surface area (Å²) in [5.41, 5.74) is 0. The molecule has 11 heavy (non-hydrogen) atoms. The molecule has 0 aliphatic rings. The molecule has 0 unspecified atom stereocenters. The molecule has 0 rings (SSSR count). The zero-order chi connectivity index (χ0) is 8.69. The van der Waals surface area contributed by atoms with E-state index in [2.05, 4.69) is 11.7 Å². The van der Waals surface area contributed by atoms with Gasteiger partial charge in [0.15, 0.2) is 0 Å². The Labute approximate surface area is 68.3 Å². The van der Waals surface area contributed by atoms with Gasteiger partial charge in [0.1, 0.15) is 0 Å². The van der Waals surface area contributed by atoms with Crippen LogP contribution in [-0.4, -0.2) is 38.1 Å². The van der Waals surface area contributed by atoms with E-state index in [1.54, 1.807) is 0 Å². The van der Waals surface area contributed by atoms with Crippen LogP contribution in [0.25, 0.3) is 0 Å². The van der Waals surface area contributed by atoms with Crippen LogP contribution in [0.15, 0.2) is 0 Å². The standard InChI is InChI=1S/C8H16NO2/c1-4-11-8(10)6-5-7-9(2)3/h1,4-7H2,2-3H3. The van der Waals surface area contributed by atoms with E-state index < -0.39 is 0 Å². The second-order valence-corrected chi connectivity index (χ2v) is 2.63. The molecule has 0 spiro atoms. The number of carbonyl (C=O) groups excluding carboxylic acids is 1. The predicted molar refractivity (Wildman–Crippen MR) is 44.1 cm³/mol. The normalized spacial score (nSPS) is 10.2. The van der Waals surface area contributed by atoms with Crippen molar-refractivity contribution >= 4 is 5.97 Å². The Morgan fingerprint density at radius 3 is 2.64 bits per heavy atom. The Morgan fingerprint density at radius 2 is 2.18 bits per heavy atom. The first-order valence-corrected chi connectivity index (χ1v) is 3.76. The van der Waals surface area contributed by atoms with Crippen molar-refractivity contribution in [1.29, 1.82) is 0 Å². The van der Waals surface area contributed by atoms with Crippen LogP contribution in [0.5, 0.6) is 0 Å². The average Bonchev–Trinajstić information content (AvgIpc) is 1.87. The number of hydrogen-bond acceptors (Lipinski definition) is 3. The first-order valence-electron chi connectivity index (χ1n) is 3.76. The van der Waals surface area contributed by atoms with Gasteiger partial charge in [-0.15, -0.1) is 0 Å². The lowest BCUT2D eigenvalue weighted by molar-refractivity contribution is -0.142. The molecule has 0 aromatic carbocycles. The lowest BCUT2D eigenvalue weighted by Crippen LogP contribution is -2.15. The Balaban J connectivity index is 3.17. The van der Waals surface area contributed by atoms with Crippen LogP contribution in [0, 0.1) is 6.92 Å². The van der Waals surface area contributed by atoms with Gasteiger partial charge in [-0.05, 0) is 34.0 Å². The van der Waals surface area contributed by atoms with Crippen molar-refractivity contribution in [3.63, 3.8) is 0 Å². The summed E-state index contributed by atoms with van der Waals surface area (Å²) in [4.78, 5) is 12.8. The molecular formula is C8H16NO2. The highest BCUT2D eigenvalue weighted by molar-refractivity contribution is 5.69. The van der Waals surface area contributed by atoms with E-state index in [-0.39, 0.29) is 12.6 Å². The van der Waals surface area contributed by atoms with E-state index in [1.807, 2.05) is 19.0 Å². The van der Waals surface area contributed by atoms with Gasteiger partial charge in [0.05, 0.1) is 6.61 Å². The maximum Gasteiger partial charge on any atom is 0.305 e. The molecule has 65 valence electrons. The summed E-state index contributed by atoms with van der Waals surface area (Å²) in [7, 11) is 3.96. The topological polar surface area (TPSA) is 29.5 Å². The molecule has 3 heteroatoms. The van der Waals surface area contributed by atoms with Gasteiger partial charge >= 0.3 is 5.97 Å². The van der Waals surface area contributed by atoms with Crippen molar-refractivity contribution < 1.29 is 9.53 Å². The number of esters is 1. The van der Waals surface area contributed by atoms with Gasteiger partial charge in [-0.25, -0.2) is 0 Å². The Bertz CT molecular complexity index is 113. The molecule has 0 fully saturated rings. The Hall–Kier alpha value is -0.570. The molecule has 0 aromatic rings. The summed E-state index contributed by atoms with van der Waals surface area (Å²) in [5, 5.41) is 0. The molecule has 1 radical (unpaired) electrons. The van der Waals surface area contributed by atoms with E-state index in [0.717, 1.165) is 13.0 Å². The lowest BCUT2D eigenvalue weighted by atomic mass is 10.3. The minimum absolute atomic E-state index is 0.151. The van der Waals surface area contributed by atoms with Gasteiger partial charge in [-0.3, -0.25) is 4.79 Å². The van der Waals surface area contributed by atoms with Crippen LogP contribution in [0.3, 0.4) is 0 Å². The fraction of sp³-hybridized carbons (Fsp3) is 0.750. The van der Waals surface area contributed by atoms with Crippen LogP contribution in [0.2, 0.25) is 0 Å². The van der Waals surface area contributed by atoms with Gasteiger partial charge < -0.3 is 9.64 Å². The van der Waals surface area contributed by atoms with Crippen LogP contribution in [0.4, 0.5) is 0 Å². The number of carbonyl (C=O) groups is 1. The summed E-state index contributed by atoms with van der Waals surface area (Å²) >= 11 is 0. The molecule has 0 aliphatic carbocycles. The van der Waals surface area contributed by atoms with Crippen molar-refractivity contribution in [2.24, 2.45) is 0 Å². The van der Waals surface area contributed by atoms with Crippen LogP contribution in [-0.2, 0) is 9.53 Å². The molecule has 0 aromatic heterocycles. The van der Waals surface area contributed by atoms with Crippen molar-refractivity contribution in [3.05, 3.63) is 6.92 Å². The highest BCUT2D eigenvalue weighted by Gasteiger charge is 2.00. The van der Waals surface area contributed by atoms with Gasteiger partial charge in [0, 0.05) is 6.42 Å². The van der Waals surface area contributed by atoms with Gasteiger partial charge in [-0.1, -0.05) is 0 Å². The molecule has 3 nitrogen and oxygen atoms in total. The summed E-state index contributed by atoms with van der Waals surface area (Å²) < 4.78 is 4.66. The minimum atomic E-state index is -0.151. The lowest BCUT2D eigenvalue weighted by Gasteiger charge is -2.07. The third-order valence-electron chi connectivity index (χ3n) is 1.25. The molecule has 0 aliphatic heterocycles. The largest absolute Gasteiger partial charge is 0.466 e. The summed E-state index contributed by atoms with van der Waals surface area (Å²) in [6.07, 6.45) is 1.35. The first kappa shape index (κ1) is 10.4. The third-order valence-corrected chi connectivity index (χ3v) is 1.25. The monoisotopic (exact) mass is 158 g/mol. The molecule has 0 amide bonds. The van der Waals surface area contributed by atoms with Crippen LogP contribution in [0.1, 0.15) is 12.8 Å². The maximum absolute atomic E-state index is 10.7. The minimum Gasteiger partial charge on any atom is -0.466 e. The Morgan fingerprint density at radius 1 is 1.55 bits per heavy atom. The zero-order valence-corrected chi connectivity index (χ0v) is 7.30. The van der Waals surface area contributed by atoms with Crippen LogP contribution >= 0.6 is 0 Å². The van der Waals surface area contributed by atoms with E-state index in [0.29, 0.717) is 6.42 Å². The summed E-state index contributed by atoms with van der Waals surface area (Å²) in [6, 6.07) is 0. The second kappa shape index (κ2) is 6.16. The van der Waals surface area contributed by atoms with E-state index in [4.69, 9.17) is 0 Å². The average molecular weight is 158 g/mol. The number of ether oxygens (including phenoxy) is 1. The van der Waals surface area contributed by atoms with Crippen molar-refractivity contribution in [2.45, 2.75) is 12.8 Å². The van der Waals surface area contributed by atoms with Gasteiger partial charge in [0.2, 0.25) is 0 Å². The maximum atomic E-state index is 10.7. The summed E-state index contributed by atoms with van der Waals surface area (Å²) in [5.74, 6) is -0.151. The molecular weight excluding hydrogens is 142 g/mol. The molecule has 0 saturated heterocycles. The van der Waals surface area contributed by atoms with Gasteiger partial charge in [-0.2, -0.15) is 0 Å². The molecule has 0 bridgehead atoms. The van der Waals surface area contributed by atoms with E-state index >= 15 is 0 Å². The van der Waals surface area contributed by atoms with Crippen molar-refractivity contribution in [3.8, 4) is 0 Å². The van der Waals surface area contributed by atoms with E-state index in [1.165, 1.54) is 0 Å². The Kier molecular flexibility index (Phi) is 5.84. The fourth-order valence-corrected chi connectivity index (χ4v) is 0.726. The molecule has 0 saturated carbocycles. The second-order valence-electron chi connectivity index (χ2n) is 2.63. The SMILES string of the molecule is [CH2]COC(=O)CCCN(C)C. The van der Waals surface area contributed by atoms with Gasteiger partial charge in [0.25, 0.3) is 0 Å². The fourth-order valence-electron chi connectivity index (χ4n) is 0.726. The highest BCUT2D eigenvalue weighted by atomic mass is 16.5. The van der Waals surface area contributed by atoms with Crippen LogP contribution < -0.4 is 0 Å².